The zero-order valence-corrected chi connectivity index (χ0v) is 18.8. The van der Waals surface area contributed by atoms with Gasteiger partial charge in [0, 0.05) is 17.7 Å². The van der Waals surface area contributed by atoms with Crippen LogP contribution in [0.5, 0.6) is 17.2 Å². The number of hydrogen-bond acceptors (Lipinski definition) is 7. The van der Waals surface area contributed by atoms with E-state index < -0.39 is 17.6 Å². The Morgan fingerprint density at radius 1 is 1.15 bits per heavy atom. The number of nitrogens with zero attached hydrogens (tertiary/aromatic N) is 2. The van der Waals surface area contributed by atoms with Crippen molar-refractivity contribution < 1.29 is 33.0 Å². The zero-order chi connectivity index (χ0) is 24.4. The average Bonchev–Trinajstić information content (AvgIpc) is 3.24. The lowest BCUT2D eigenvalue weighted by Gasteiger charge is -2.16. The first kappa shape index (κ1) is 23.2. The van der Waals surface area contributed by atoms with Gasteiger partial charge in [-0.2, -0.15) is 0 Å². The van der Waals surface area contributed by atoms with Gasteiger partial charge in [0.2, 0.25) is 0 Å². The third-order valence-electron chi connectivity index (χ3n) is 5.56. The molecule has 0 bridgehead atoms. The number of benzene rings is 2. The van der Waals surface area contributed by atoms with Crippen LogP contribution in [0, 0.1) is 25.5 Å². The monoisotopic (exact) mass is 468 g/mol. The molecule has 4 rings (SSSR count). The first-order valence-corrected chi connectivity index (χ1v) is 10.5. The topological polar surface area (TPSA) is 90.2 Å². The van der Waals surface area contributed by atoms with Crippen molar-refractivity contribution in [2.24, 2.45) is 5.16 Å². The summed E-state index contributed by atoms with van der Waals surface area (Å²) in [5, 5.41) is 13.9. The Balaban J connectivity index is 1.61. The number of hydrogen-bond donors (Lipinski definition) is 1. The number of aryl methyl sites for hydroxylation is 1. The third kappa shape index (κ3) is 4.68. The lowest BCUT2D eigenvalue weighted by Crippen LogP contribution is -2.12. The average molecular weight is 468 g/mol. The maximum atomic E-state index is 15.1. The Morgan fingerprint density at radius 3 is 2.65 bits per heavy atom. The van der Waals surface area contributed by atoms with Crippen LogP contribution in [0.3, 0.4) is 0 Å². The van der Waals surface area contributed by atoms with Gasteiger partial charge in [0.15, 0.2) is 11.6 Å². The molecule has 2 heterocycles. The summed E-state index contributed by atoms with van der Waals surface area (Å²) in [6.45, 7) is 3.39. The molecule has 3 aromatic rings. The molecule has 176 valence electrons. The standard InChI is InChI=1S/C25H22F2N2O5/c1-13-8-22(33-12-16-10-23(31)34-29-16)24(27)14(2)18(13)9-15-4-7-21(30)25(28-15)19-11-17(32-3)5-6-20(19)26/h4-8,11,30H,9-10,12H2,1-3H3. The predicted octanol–water partition coefficient (Wildman–Crippen LogP) is 4.63. The van der Waals surface area contributed by atoms with E-state index >= 15 is 4.39 Å². The molecule has 1 aliphatic heterocycles. The van der Waals surface area contributed by atoms with Crippen molar-refractivity contribution in [3.63, 3.8) is 0 Å². The fourth-order valence-electron chi connectivity index (χ4n) is 3.71. The van der Waals surface area contributed by atoms with E-state index in [4.69, 9.17) is 9.47 Å². The lowest BCUT2D eigenvalue weighted by atomic mass is 9.96. The summed E-state index contributed by atoms with van der Waals surface area (Å²) >= 11 is 0. The summed E-state index contributed by atoms with van der Waals surface area (Å²) in [6, 6.07) is 8.77. The van der Waals surface area contributed by atoms with Crippen LogP contribution in [0.1, 0.15) is 28.8 Å². The van der Waals surface area contributed by atoms with Crippen LogP contribution in [0.15, 0.2) is 41.6 Å². The SMILES string of the molecule is COc1ccc(F)c(-c2nc(Cc3c(C)cc(OCC4=NOC(=O)C4)c(F)c3C)ccc2O)c1. The summed E-state index contributed by atoms with van der Waals surface area (Å²) < 4.78 is 40.2. The van der Waals surface area contributed by atoms with E-state index in [1.807, 2.05) is 6.92 Å². The number of carbonyl (C=O) groups excluding carboxylic acids is 1. The maximum absolute atomic E-state index is 15.1. The van der Waals surface area contributed by atoms with E-state index in [9.17, 15) is 14.3 Å². The quantitative estimate of drug-likeness (QED) is 0.509. The molecular formula is C25H22F2N2O5. The van der Waals surface area contributed by atoms with Crippen molar-refractivity contribution in [2.45, 2.75) is 26.7 Å². The Kier molecular flexibility index (Phi) is 6.45. The second-order valence-electron chi connectivity index (χ2n) is 7.89. The van der Waals surface area contributed by atoms with Gasteiger partial charge in [-0.25, -0.2) is 18.6 Å². The maximum Gasteiger partial charge on any atom is 0.340 e. The van der Waals surface area contributed by atoms with E-state index in [-0.39, 0.29) is 42.2 Å². The van der Waals surface area contributed by atoms with Gasteiger partial charge in [0.1, 0.15) is 35.3 Å². The number of aromatic nitrogens is 1. The summed E-state index contributed by atoms with van der Waals surface area (Å²) in [7, 11) is 1.46. The van der Waals surface area contributed by atoms with Crippen molar-refractivity contribution in [2.75, 3.05) is 13.7 Å². The molecule has 0 unspecified atom stereocenters. The minimum Gasteiger partial charge on any atom is -0.506 e. The molecule has 0 atom stereocenters. The first-order valence-electron chi connectivity index (χ1n) is 10.5. The highest BCUT2D eigenvalue weighted by Crippen LogP contribution is 2.33. The number of aromatic hydroxyl groups is 1. The number of oxime groups is 1. The molecule has 2 aromatic carbocycles. The van der Waals surface area contributed by atoms with E-state index in [1.54, 1.807) is 19.1 Å². The molecule has 0 amide bonds. The molecule has 0 aliphatic carbocycles. The molecule has 1 aliphatic rings. The second-order valence-corrected chi connectivity index (χ2v) is 7.89. The van der Waals surface area contributed by atoms with Gasteiger partial charge in [-0.05, 0) is 66.9 Å². The van der Waals surface area contributed by atoms with Crippen LogP contribution in [0.25, 0.3) is 11.3 Å². The smallest absolute Gasteiger partial charge is 0.340 e. The van der Waals surface area contributed by atoms with Crippen LogP contribution >= 0.6 is 0 Å². The van der Waals surface area contributed by atoms with Crippen LogP contribution in [0.2, 0.25) is 0 Å². The molecule has 1 N–H and O–H groups in total. The molecule has 34 heavy (non-hydrogen) atoms. The minimum atomic E-state index is -0.556. The Hall–Kier alpha value is -4.01. The number of halogens is 2. The Labute approximate surface area is 194 Å². The number of rotatable bonds is 7. The first-order chi connectivity index (χ1) is 16.3. The molecule has 9 heteroatoms. The lowest BCUT2D eigenvalue weighted by molar-refractivity contribution is -0.140. The van der Waals surface area contributed by atoms with Crippen molar-refractivity contribution in [1.29, 1.82) is 0 Å². The number of ether oxygens (including phenoxy) is 2. The highest BCUT2D eigenvalue weighted by atomic mass is 19.1. The van der Waals surface area contributed by atoms with E-state index in [1.165, 1.54) is 31.4 Å². The van der Waals surface area contributed by atoms with Gasteiger partial charge in [-0.15, -0.1) is 0 Å². The largest absolute Gasteiger partial charge is 0.506 e. The van der Waals surface area contributed by atoms with E-state index in [0.29, 0.717) is 28.3 Å². The number of pyridine rings is 1. The molecule has 0 spiro atoms. The highest BCUT2D eigenvalue weighted by molar-refractivity contribution is 6.02. The summed E-state index contributed by atoms with van der Waals surface area (Å²) in [6.07, 6.45) is 0.267. The summed E-state index contributed by atoms with van der Waals surface area (Å²) in [4.78, 5) is 20.1. The van der Waals surface area contributed by atoms with Gasteiger partial charge >= 0.3 is 5.97 Å². The van der Waals surface area contributed by atoms with E-state index in [0.717, 1.165) is 5.56 Å². The zero-order valence-electron chi connectivity index (χ0n) is 18.8. The van der Waals surface area contributed by atoms with Crippen molar-refractivity contribution in [3.05, 3.63) is 70.4 Å². The minimum absolute atomic E-state index is 0.0143. The van der Waals surface area contributed by atoms with Gasteiger partial charge in [0.25, 0.3) is 0 Å². The van der Waals surface area contributed by atoms with Gasteiger partial charge in [-0.3, -0.25) is 0 Å². The summed E-state index contributed by atoms with van der Waals surface area (Å²) in [5.74, 6) is -1.29. The van der Waals surface area contributed by atoms with Crippen molar-refractivity contribution in [3.8, 4) is 28.5 Å². The van der Waals surface area contributed by atoms with Gasteiger partial charge in [-0.1, -0.05) is 5.16 Å². The molecule has 1 aromatic heterocycles. The number of methoxy groups -OCH3 is 1. The Bertz CT molecular complexity index is 1310. The van der Waals surface area contributed by atoms with Crippen molar-refractivity contribution in [1.82, 2.24) is 4.98 Å². The third-order valence-corrected chi connectivity index (χ3v) is 5.56. The number of carbonyl (C=O) groups is 1. The summed E-state index contributed by atoms with van der Waals surface area (Å²) in [5.41, 5.74) is 2.90. The molecule has 0 saturated carbocycles. The molecule has 0 saturated heterocycles. The second kappa shape index (κ2) is 9.46. The highest BCUT2D eigenvalue weighted by Gasteiger charge is 2.21. The van der Waals surface area contributed by atoms with Crippen LogP contribution in [0.4, 0.5) is 8.78 Å². The predicted molar refractivity (Wildman–Crippen MR) is 120 cm³/mol. The van der Waals surface area contributed by atoms with Gasteiger partial charge in [0.05, 0.1) is 13.5 Å². The van der Waals surface area contributed by atoms with Crippen molar-refractivity contribution >= 4 is 11.7 Å². The van der Waals surface area contributed by atoms with Crippen LogP contribution in [-0.4, -0.2) is 35.5 Å². The normalized spacial score (nSPS) is 13.0. The van der Waals surface area contributed by atoms with Crippen LogP contribution < -0.4 is 9.47 Å². The molecule has 0 radical (unpaired) electrons. The van der Waals surface area contributed by atoms with Gasteiger partial charge < -0.3 is 19.4 Å². The van der Waals surface area contributed by atoms with E-state index in [2.05, 4.69) is 15.0 Å². The molecule has 0 fully saturated rings. The fourth-order valence-corrected chi connectivity index (χ4v) is 3.71. The Morgan fingerprint density at radius 2 is 1.94 bits per heavy atom. The molecule has 7 nitrogen and oxygen atoms in total. The fraction of sp³-hybridized carbons (Fsp3) is 0.240. The van der Waals surface area contributed by atoms with Crippen LogP contribution in [-0.2, 0) is 16.1 Å². The molecular weight excluding hydrogens is 446 g/mol.